The molecule has 0 spiro atoms. The first kappa shape index (κ1) is 19.1. The average Bonchev–Trinajstić information content (AvgIpc) is 3.20. The molecule has 7 nitrogen and oxygen atoms in total. The van der Waals surface area contributed by atoms with E-state index in [2.05, 4.69) is 10.1 Å². The molecule has 0 N–H and O–H groups in total. The van der Waals surface area contributed by atoms with Crippen LogP contribution in [0.5, 0.6) is 11.5 Å². The van der Waals surface area contributed by atoms with Crippen molar-refractivity contribution in [2.75, 3.05) is 14.2 Å². The average molecular weight is 384 g/mol. The number of halogens is 1. The Balaban J connectivity index is 1.57. The van der Waals surface area contributed by atoms with Gasteiger partial charge in [0.2, 0.25) is 5.82 Å². The van der Waals surface area contributed by atoms with Crippen LogP contribution >= 0.6 is 0 Å². The largest absolute Gasteiger partial charge is 0.493 e. The SMILES string of the molecule is COc1ccc(/C=C/C(=O)OCc2nc(-c3ccc(F)cc3)no2)cc1OC. The topological polar surface area (TPSA) is 83.7 Å². The van der Waals surface area contributed by atoms with Gasteiger partial charge < -0.3 is 18.7 Å². The summed E-state index contributed by atoms with van der Waals surface area (Å²) in [6.07, 6.45) is 2.86. The van der Waals surface area contributed by atoms with E-state index in [-0.39, 0.29) is 24.1 Å². The molecule has 28 heavy (non-hydrogen) atoms. The Morgan fingerprint density at radius 1 is 1.11 bits per heavy atom. The number of carbonyl (C=O) groups is 1. The minimum absolute atomic E-state index is 0.132. The highest BCUT2D eigenvalue weighted by Gasteiger charge is 2.10. The first-order valence-corrected chi connectivity index (χ1v) is 8.24. The van der Waals surface area contributed by atoms with Gasteiger partial charge >= 0.3 is 5.97 Å². The highest BCUT2D eigenvalue weighted by Crippen LogP contribution is 2.28. The lowest BCUT2D eigenvalue weighted by molar-refractivity contribution is -0.139. The number of methoxy groups -OCH3 is 2. The normalized spacial score (nSPS) is 10.8. The lowest BCUT2D eigenvalue weighted by Crippen LogP contribution is -2.01. The molecule has 0 saturated heterocycles. The highest BCUT2D eigenvalue weighted by atomic mass is 19.1. The van der Waals surface area contributed by atoms with E-state index in [9.17, 15) is 9.18 Å². The van der Waals surface area contributed by atoms with Gasteiger partial charge in [0.1, 0.15) is 5.82 Å². The number of aromatic nitrogens is 2. The molecule has 1 heterocycles. The van der Waals surface area contributed by atoms with E-state index >= 15 is 0 Å². The van der Waals surface area contributed by atoms with Crippen molar-refractivity contribution in [3.63, 3.8) is 0 Å². The van der Waals surface area contributed by atoms with Gasteiger partial charge in [0.15, 0.2) is 18.1 Å². The summed E-state index contributed by atoms with van der Waals surface area (Å²) in [6, 6.07) is 10.9. The van der Waals surface area contributed by atoms with Gasteiger partial charge in [0, 0.05) is 11.6 Å². The lowest BCUT2D eigenvalue weighted by atomic mass is 10.2. The summed E-state index contributed by atoms with van der Waals surface area (Å²) in [5, 5.41) is 3.78. The van der Waals surface area contributed by atoms with Crippen LogP contribution in [-0.4, -0.2) is 30.3 Å². The van der Waals surface area contributed by atoms with E-state index in [4.69, 9.17) is 18.7 Å². The minimum atomic E-state index is -0.573. The van der Waals surface area contributed by atoms with Crippen LogP contribution in [-0.2, 0) is 16.1 Å². The van der Waals surface area contributed by atoms with E-state index in [1.165, 1.54) is 37.5 Å². The molecule has 1 aromatic heterocycles. The number of esters is 1. The molecule has 0 radical (unpaired) electrons. The summed E-state index contributed by atoms with van der Waals surface area (Å²) in [5.41, 5.74) is 1.34. The zero-order chi connectivity index (χ0) is 19.9. The molecule has 0 aliphatic rings. The number of hydrogen-bond donors (Lipinski definition) is 0. The molecule has 0 saturated carbocycles. The Kier molecular flexibility index (Phi) is 6.01. The van der Waals surface area contributed by atoms with Gasteiger partial charge in [-0.1, -0.05) is 11.2 Å². The first-order chi connectivity index (χ1) is 13.6. The van der Waals surface area contributed by atoms with Crippen LogP contribution in [0.1, 0.15) is 11.5 Å². The maximum Gasteiger partial charge on any atom is 0.331 e. The molecule has 0 bridgehead atoms. The predicted molar refractivity (Wildman–Crippen MR) is 98.1 cm³/mol. The van der Waals surface area contributed by atoms with Crippen LogP contribution in [0.3, 0.4) is 0 Å². The van der Waals surface area contributed by atoms with Crippen molar-refractivity contribution in [1.82, 2.24) is 10.1 Å². The first-order valence-electron chi connectivity index (χ1n) is 8.24. The molecule has 0 fully saturated rings. The summed E-state index contributed by atoms with van der Waals surface area (Å²) < 4.78 is 33.4. The number of ether oxygens (including phenoxy) is 3. The zero-order valence-corrected chi connectivity index (χ0v) is 15.2. The van der Waals surface area contributed by atoms with Gasteiger partial charge in [-0.05, 0) is 48.0 Å². The number of hydrogen-bond acceptors (Lipinski definition) is 7. The van der Waals surface area contributed by atoms with Crippen molar-refractivity contribution in [3.05, 3.63) is 65.8 Å². The lowest BCUT2D eigenvalue weighted by Gasteiger charge is -2.07. The van der Waals surface area contributed by atoms with Crippen LogP contribution in [0, 0.1) is 5.82 Å². The fourth-order valence-corrected chi connectivity index (χ4v) is 2.33. The number of rotatable bonds is 7. The fraction of sp³-hybridized carbons (Fsp3) is 0.150. The molecule has 0 aliphatic heterocycles. The van der Waals surface area contributed by atoms with Crippen LogP contribution in [0.15, 0.2) is 53.1 Å². The van der Waals surface area contributed by atoms with E-state index in [1.807, 2.05) is 0 Å². The Bertz CT molecular complexity index is 983. The van der Waals surface area contributed by atoms with Gasteiger partial charge in [0.25, 0.3) is 5.89 Å². The standard InChI is InChI=1S/C20H17FN2O5/c1-25-16-9-3-13(11-17(16)26-2)4-10-19(24)27-12-18-22-20(23-28-18)14-5-7-15(21)8-6-14/h3-11H,12H2,1-2H3/b10-4+. The molecule has 3 rings (SSSR count). The number of benzene rings is 2. The Morgan fingerprint density at radius 2 is 1.86 bits per heavy atom. The Labute approximate surface area is 160 Å². The van der Waals surface area contributed by atoms with Crippen LogP contribution in [0.2, 0.25) is 0 Å². The molecule has 0 atom stereocenters. The van der Waals surface area contributed by atoms with Gasteiger partial charge in [0.05, 0.1) is 14.2 Å². The molecule has 0 aliphatic carbocycles. The van der Waals surface area contributed by atoms with Gasteiger partial charge in [-0.15, -0.1) is 0 Å². The summed E-state index contributed by atoms with van der Waals surface area (Å²) in [5.74, 6) is 0.630. The number of carbonyl (C=O) groups excluding carboxylic acids is 1. The van der Waals surface area contributed by atoms with Crippen molar-refractivity contribution in [2.24, 2.45) is 0 Å². The van der Waals surface area contributed by atoms with E-state index < -0.39 is 5.97 Å². The second-order valence-corrected chi connectivity index (χ2v) is 5.57. The molecule has 8 heteroatoms. The van der Waals surface area contributed by atoms with E-state index in [0.29, 0.717) is 17.1 Å². The Hall–Kier alpha value is -3.68. The van der Waals surface area contributed by atoms with Crippen molar-refractivity contribution >= 4 is 12.0 Å². The molecule has 2 aromatic carbocycles. The van der Waals surface area contributed by atoms with Crippen molar-refractivity contribution in [2.45, 2.75) is 6.61 Å². The second kappa shape index (κ2) is 8.81. The van der Waals surface area contributed by atoms with Crippen LogP contribution < -0.4 is 9.47 Å². The minimum Gasteiger partial charge on any atom is -0.493 e. The summed E-state index contributed by atoms with van der Waals surface area (Å²) >= 11 is 0. The molecule has 3 aromatic rings. The van der Waals surface area contributed by atoms with Crippen molar-refractivity contribution in [3.8, 4) is 22.9 Å². The molecular formula is C20H17FN2O5. The summed E-state index contributed by atoms with van der Waals surface area (Å²) in [7, 11) is 3.08. The molecule has 0 amide bonds. The third kappa shape index (κ3) is 4.73. The predicted octanol–water partition coefficient (Wildman–Crippen LogP) is 3.65. The third-order valence-corrected chi connectivity index (χ3v) is 3.73. The highest BCUT2D eigenvalue weighted by molar-refractivity contribution is 5.87. The fourth-order valence-electron chi connectivity index (χ4n) is 2.33. The second-order valence-electron chi connectivity index (χ2n) is 5.57. The van der Waals surface area contributed by atoms with Crippen LogP contribution in [0.25, 0.3) is 17.5 Å². The Morgan fingerprint density at radius 3 is 2.57 bits per heavy atom. The van der Waals surface area contributed by atoms with Gasteiger partial charge in [-0.2, -0.15) is 4.98 Å². The monoisotopic (exact) mass is 384 g/mol. The maximum absolute atomic E-state index is 13.0. The third-order valence-electron chi connectivity index (χ3n) is 3.73. The van der Waals surface area contributed by atoms with Crippen molar-refractivity contribution < 1.29 is 27.9 Å². The number of nitrogens with zero attached hydrogens (tertiary/aromatic N) is 2. The van der Waals surface area contributed by atoms with E-state index in [1.54, 1.807) is 31.4 Å². The molecular weight excluding hydrogens is 367 g/mol. The molecule has 0 unspecified atom stereocenters. The zero-order valence-electron chi connectivity index (χ0n) is 15.2. The quantitative estimate of drug-likeness (QED) is 0.454. The van der Waals surface area contributed by atoms with Crippen LogP contribution in [0.4, 0.5) is 4.39 Å². The smallest absolute Gasteiger partial charge is 0.331 e. The van der Waals surface area contributed by atoms with Gasteiger partial charge in [-0.25, -0.2) is 9.18 Å². The van der Waals surface area contributed by atoms with Gasteiger partial charge in [-0.3, -0.25) is 0 Å². The van der Waals surface area contributed by atoms with E-state index in [0.717, 1.165) is 5.56 Å². The van der Waals surface area contributed by atoms with Crippen molar-refractivity contribution in [1.29, 1.82) is 0 Å². The summed E-state index contributed by atoms with van der Waals surface area (Å²) in [6.45, 7) is -0.177. The maximum atomic E-state index is 13.0. The molecule has 144 valence electrons. The summed E-state index contributed by atoms with van der Waals surface area (Å²) in [4.78, 5) is 16.0.